The summed E-state index contributed by atoms with van der Waals surface area (Å²) < 4.78 is 5.56. The van der Waals surface area contributed by atoms with E-state index in [4.69, 9.17) is 4.74 Å². The Labute approximate surface area is 90.0 Å². The van der Waals surface area contributed by atoms with Crippen LogP contribution in [0.15, 0.2) is 0 Å². The highest BCUT2D eigenvalue weighted by Crippen LogP contribution is 2.40. The molecule has 0 bridgehead atoms. The van der Waals surface area contributed by atoms with Crippen LogP contribution in [-0.2, 0) is 9.53 Å². The zero-order chi connectivity index (χ0) is 10.3. The summed E-state index contributed by atoms with van der Waals surface area (Å²) in [6.45, 7) is 2.50. The number of ether oxygens (including phenoxy) is 1. The number of amides is 1. The number of nitrogens with zero attached hydrogens (tertiary/aromatic N) is 1. The van der Waals surface area contributed by atoms with Gasteiger partial charge >= 0.3 is 0 Å². The molecule has 2 saturated heterocycles. The van der Waals surface area contributed by atoms with Gasteiger partial charge in [0, 0.05) is 13.2 Å². The van der Waals surface area contributed by atoms with E-state index < -0.39 is 0 Å². The van der Waals surface area contributed by atoms with Crippen LogP contribution in [0.1, 0.15) is 32.1 Å². The molecule has 1 amide bonds. The summed E-state index contributed by atoms with van der Waals surface area (Å²) in [5.41, 5.74) is -0.128. The molecule has 1 atom stereocenters. The van der Waals surface area contributed by atoms with E-state index in [1.54, 1.807) is 0 Å². The zero-order valence-corrected chi connectivity index (χ0v) is 9.00. The first kappa shape index (κ1) is 9.60. The molecule has 3 fully saturated rings. The third-order valence-electron chi connectivity index (χ3n) is 3.80. The van der Waals surface area contributed by atoms with Gasteiger partial charge in [0.05, 0.1) is 18.3 Å². The Morgan fingerprint density at radius 3 is 3.00 bits per heavy atom. The first-order valence-electron chi connectivity index (χ1n) is 5.96. The lowest BCUT2D eigenvalue weighted by Crippen LogP contribution is -2.33. The highest BCUT2D eigenvalue weighted by Gasteiger charge is 2.55. The Bertz CT molecular complexity index is 270. The lowest BCUT2D eigenvalue weighted by atomic mass is 10.2. The molecule has 1 aliphatic carbocycles. The van der Waals surface area contributed by atoms with Crippen molar-refractivity contribution in [1.29, 1.82) is 0 Å². The van der Waals surface area contributed by atoms with Crippen LogP contribution in [0.25, 0.3) is 0 Å². The van der Waals surface area contributed by atoms with Crippen molar-refractivity contribution in [3.05, 3.63) is 0 Å². The lowest BCUT2D eigenvalue weighted by molar-refractivity contribution is -0.130. The standard InChI is InChI=1S/C11H18N2O2/c14-10-11(4-5-11)12-8-13(10)6-3-9-2-1-7-15-9/h9,12H,1-8H2. The lowest BCUT2D eigenvalue weighted by Gasteiger charge is -2.17. The minimum absolute atomic E-state index is 0.128. The van der Waals surface area contributed by atoms with E-state index in [-0.39, 0.29) is 5.54 Å². The monoisotopic (exact) mass is 210 g/mol. The predicted octanol–water partition coefficient (Wildman–Crippen LogP) is 0.477. The van der Waals surface area contributed by atoms with Crippen LogP contribution in [0.2, 0.25) is 0 Å². The van der Waals surface area contributed by atoms with Gasteiger partial charge in [0.25, 0.3) is 0 Å². The summed E-state index contributed by atoms with van der Waals surface area (Å²) in [4.78, 5) is 13.9. The summed E-state index contributed by atoms with van der Waals surface area (Å²) in [5, 5.41) is 3.32. The smallest absolute Gasteiger partial charge is 0.243 e. The summed E-state index contributed by atoms with van der Waals surface area (Å²) in [6.07, 6.45) is 5.81. The molecule has 0 aromatic carbocycles. The molecular formula is C11H18N2O2. The Kier molecular flexibility index (Phi) is 2.21. The fourth-order valence-corrected chi connectivity index (χ4v) is 2.56. The molecule has 1 spiro atoms. The van der Waals surface area contributed by atoms with E-state index in [0.717, 1.165) is 39.1 Å². The Balaban J connectivity index is 1.49. The number of carbonyl (C=O) groups excluding carboxylic acids is 1. The SMILES string of the molecule is O=C1N(CCC2CCCO2)CNC12CC2. The molecular weight excluding hydrogens is 192 g/mol. The van der Waals surface area contributed by atoms with Crippen molar-refractivity contribution in [3.8, 4) is 0 Å². The summed E-state index contributed by atoms with van der Waals surface area (Å²) in [7, 11) is 0. The van der Waals surface area contributed by atoms with Crippen LogP contribution in [0.5, 0.6) is 0 Å². The molecule has 1 N–H and O–H groups in total. The summed E-state index contributed by atoms with van der Waals surface area (Å²) in [6, 6.07) is 0. The first-order valence-corrected chi connectivity index (χ1v) is 5.96. The van der Waals surface area contributed by atoms with E-state index in [1.165, 1.54) is 12.8 Å². The minimum Gasteiger partial charge on any atom is -0.378 e. The normalized spacial score (nSPS) is 32.9. The molecule has 3 rings (SSSR count). The van der Waals surface area contributed by atoms with E-state index in [2.05, 4.69) is 5.32 Å². The molecule has 2 heterocycles. The van der Waals surface area contributed by atoms with Crippen molar-refractivity contribution in [1.82, 2.24) is 10.2 Å². The van der Waals surface area contributed by atoms with Crippen LogP contribution in [0, 0.1) is 0 Å². The molecule has 1 unspecified atom stereocenters. The van der Waals surface area contributed by atoms with E-state index >= 15 is 0 Å². The van der Waals surface area contributed by atoms with Gasteiger partial charge in [0.15, 0.2) is 0 Å². The van der Waals surface area contributed by atoms with Crippen molar-refractivity contribution < 1.29 is 9.53 Å². The van der Waals surface area contributed by atoms with Gasteiger partial charge in [-0.2, -0.15) is 0 Å². The molecule has 4 nitrogen and oxygen atoms in total. The van der Waals surface area contributed by atoms with Gasteiger partial charge in [-0.3, -0.25) is 10.1 Å². The molecule has 2 aliphatic heterocycles. The molecule has 0 aromatic heterocycles. The Morgan fingerprint density at radius 1 is 1.53 bits per heavy atom. The van der Waals surface area contributed by atoms with Crippen molar-refractivity contribution >= 4 is 5.91 Å². The molecule has 1 saturated carbocycles. The quantitative estimate of drug-likeness (QED) is 0.736. The van der Waals surface area contributed by atoms with Crippen LogP contribution in [0.4, 0.5) is 0 Å². The van der Waals surface area contributed by atoms with E-state index in [0.29, 0.717) is 12.0 Å². The second kappa shape index (κ2) is 3.46. The second-order valence-corrected chi connectivity index (χ2v) is 4.91. The Hall–Kier alpha value is -0.610. The van der Waals surface area contributed by atoms with Crippen molar-refractivity contribution in [3.63, 3.8) is 0 Å². The average Bonchev–Trinajstić information content (AvgIpc) is 2.72. The van der Waals surface area contributed by atoms with Crippen LogP contribution < -0.4 is 5.32 Å². The number of hydrogen-bond donors (Lipinski definition) is 1. The van der Waals surface area contributed by atoms with Crippen LogP contribution in [0.3, 0.4) is 0 Å². The first-order chi connectivity index (χ1) is 7.30. The van der Waals surface area contributed by atoms with Crippen molar-refractivity contribution in [2.75, 3.05) is 19.8 Å². The second-order valence-electron chi connectivity index (χ2n) is 4.91. The maximum absolute atomic E-state index is 11.9. The van der Waals surface area contributed by atoms with Gasteiger partial charge in [0.2, 0.25) is 5.91 Å². The Morgan fingerprint density at radius 2 is 2.40 bits per heavy atom. The molecule has 3 aliphatic rings. The third-order valence-corrected chi connectivity index (χ3v) is 3.80. The number of rotatable bonds is 3. The molecule has 0 radical (unpaired) electrons. The van der Waals surface area contributed by atoms with E-state index in [9.17, 15) is 4.79 Å². The number of carbonyl (C=O) groups is 1. The maximum atomic E-state index is 11.9. The molecule has 15 heavy (non-hydrogen) atoms. The molecule has 4 heteroatoms. The van der Waals surface area contributed by atoms with Crippen molar-refractivity contribution in [2.24, 2.45) is 0 Å². The van der Waals surface area contributed by atoms with Gasteiger partial charge in [-0.05, 0) is 32.1 Å². The fraction of sp³-hybridized carbons (Fsp3) is 0.909. The van der Waals surface area contributed by atoms with E-state index in [1.807, 2.05) is 4.90 Å². The summed E-state index contributed by atoms with van der Waals surface area (Å²) >= 11 is 0. The molecule has 0 aromatic rings. The van der Waals surface area contributed by atoms with Crippen LogP contribution >= 0.6 is 0 Å². The van der Waals surface area contributed by atoms with Gasteiger partial charge < -0.3 is 9.64 Å². The largest absolute Gasteiger partial charge is 0.378 e. The van der Waals surface area contributed by atoms with Crippen molar-refractivity contribution in [2.45, 2.75) is 43.7 Å². The van der Waals surface area contributed by atoms with Crippen LogP contribution in [-0.4, -0.2) is 42.3 Å². The third kappa shape index (κ3) is 1.66. The zero-order valence-electron chi connectivity index (χ0n) is 9.00. The highest BCUT2D eigenvalue weighted by atomic mass is 16.5. The molecule has 84 valence electrons. The topological polar surface area (TPSA) is 41.6 Å². The summed E-state index contributed by atoms with van der Waals surface area (Å²) in [5.74, 6) is 0.320. The van der Waals surface area contributed by atoms with Gasteiger partial charge in [-0.1, -0.05) is 0 Å². The van der Waals surface area contributed by atoms with Gasteiger partial charge in [-0.25, -0.2) is 0 Å². The van der Waals surface area contributed by atoms with Gasteiger partial charge in [0.1, 0.15) is 0 Å². The highest BCUT2D eigenvalue weighted by molar-refractivity contribution is 5.91. The maximum Gasteiger partial charge on any atom is 0.243 e. The number of nitrogens with one attached hydrogen (secondary N) is 1. The average molecular weight is 210 g/mol. The predicted molar refractivity (Wildman–Crippen MR) is 55.3 cm³/mol. The minimum atomic E-state index is -0.128. The van der Waals surface area contributed by atoms with Gasteiger partial charge in [-0.15, -0.1) is 0 Å². The fourth-order valence-electron chi connectivity index (χ4n) is 2.56. The number of hydrogen-bond acceptors (Lipinski definition) is 3.